The Hall–Kier alpha value is -3.37. The summed E-state index contributed by atoms with van der Waals surface area (Å²) in [6.07, 6.45) is 4.23. The molecule has 33 heavy (non-hydrogen) atoms. The number of carbonyl (C=O) groups is 2. The zero-order chi connectivity index (χ0) is 22.9. The number of para-hydroxylation sites is 1. The number of nitrogens with two attached hydrogens (primary N) is 1. The smallest absolute Gasteiger partial charge is 0.262 e. The van der Waals surface area contributed by atoms with Gasteiger partial charge in [0.25, 0.3) is 11.5 Å². The summed E-state index contributed by atoms with van der Waals surface area (Å²) >= 11 is 2.57. The summed E-state index contributed by atoms with van der Waals surface area (Å²) in [5.41, 5.74) is 7.32. The minimum atomic E-state index is -0.527. The molecule has 5 rings (SSSR count). The minimum absolute atomic E-state index is 0.0176. The summed E-state index contributed by atoms with van der Waals surface area (Å²) in [5.74, 6) is -0.195. The van der Waals surface area contributed by atoms with Crippen molar-refractivity contribution in [2.75, 3.05) is 11.1 Å². The maximum absolute atomic E-state index is 13.1. The second kappa shape index (κ2) is 8.87. The number of hydrogen-bond acceptors (Lipinski definition) is 7. The van der Waals surface area contributed by atoms with Crippen LogP contribution in [0.1, 0.15) is 33.0 Å². The number of hydrogen-bond donors (Lipinski definition) is 2. The summed E-state index contributed by atoms with van der Waals surface area (Å²) in [5, 5.41) is 4.24. The SMILES string of the molecule is NC(=O)c1c(NC(=O)CSc2nc3ccccc3c(=O)n2Cc2ccco2)sc2c1CCC2. The van der Waals surface area contributed by atoms with Crippen molar-refractivity contribution < 1.29 is 14.0 Å². The van der Waals surface area contributed by atoms with E-state index in [1.54, 1.807) is 36.6 Å². The molecule has 3 N–H and O–H groups in total. The third-order valence-electron chi connectivity index (χ3n) is 5.47. The molecule has 0 saturated heterocycles. The molecule has 0 fully saturated rings. The highest BCUT2D eigenvalue weighted by atomic mass is 32.2. The average Bonchev–Trinajstić information content (AvgIpc) is 3.52. The van der Waals surface area contributed by atoms with E-state index in [-0.39, 0.29) is 23.8 Å². The first-order valence-electron chi connectivity index (χ1n) is 10.4. The summed E-state index contributed by atoms with van der Waals surface area (Å²) in [4.78, 5) is 43.6. The first kappa shape index (κ1) is 21.5. The molecule has 0 aliphatic heterocycles. The van der Waals surface area contributed by atoms with Gasteiger partial charge >= 0.3 is 0 Å². The van der Waals surface area contributed by atoms with Gasteiger partial charge in [0, 0.05) is 4.88 Å². The van der Waals surface area contributed by atoms with E-state index in [2.05, 4.69) is 10.3 Å². The maximum Gasteiger partial charge on any atom is 0.262 e. The molecular formula is C23H20N4O4S2. The normalized spacial score (nSPS) is 12.7. The van der Waals surface area contributed by atoms with Crippen molar-refractivity contribution in [1.82, 2.24) is 9.55 Å². The lowest BCUT2D eigenvalue weighted by atomic mass is 10.1. The fraction of sp³-hybridized carbons (Fsp3) is 0.217. The third kappa shape index (κ3) is 4.19. The van der Waals surface area contributed by atoms with Crippen LogP contribution in [0.15, 0.2) is 57.0 Å². The van der Waals surface area contributed by atoms with Crippen LogP contribution in [0, 0.1) is 0 Å². The van der Waals surface area contributed by atoms with E-state index in [9.17, 15) is 14.4 Å². The lowest BCUT2D eigenvalue weighted by Crippen LogP contribution is -2.25. The molecule has 0 spiro atoms. The van der Waals surface area contributed by atoms with Crippen LogP contribution >= 0.6 is 23.1 Å². The van der Waals surface area contributed by atoms with Crippen LogP contribution in [-0.4, -0.2) is 27.1 Å². The number of amides is 2. The highest BCUT2D eigenvalue weighted by molar-refractivity contribution is 7.99. The number of aromatic nitrogens is 2. The topological polar surface area (TPSA) is 120 Å². The molecule has 1 aromatic carbocycles. The number of anilines is 1. The highest BCUT2D eigenvalue weighted by Crippen LogP contribution is 2.38. The van der Waals surface area contributed by atoms with Crippen LogP contribution in [0.25, 0.3) is 10.9 Å². The van der Waals surface area contributed by atoms with Crippen LogP contribution in [0.2, 0.25) is 0 Å². The standard InChI is InChI=1S/C23H20N4O4S2/c24-20(29)19-15-7-3-9-17(15)33-21(19)26-18(28)12-32-23-25-16-8-2-1-6-14(16)22(30)27(23)11-13-5-4-10-31-13/h1-2,4-6,8,10H,3,7,9,11-12H2,(H2,24,29)(H,26,28). The number of carbonyl (C=O) groups excluding carboxylic acids is 2. The fourth-order valence-corrected chi connectivity index (χ4v) is 6.11. The lowest BCUT2D eigenvalue weighted by molar-refractivity contribution is -0.113. The van der Waals surface area contributed by atoms with Gasteiger partial charge in [-0.15, -0.1) is 11.3 Å². The Kier molecular flexibility index (Phi) is 5.77. The number of primary amides is 1. The number of aryl methyl sites for hydroxylation is 1. The molecular weight excluding hydrogens is 460 g/mol. The summed E-state index contributed by atoms with van der Waals surface area (Å²) in [6, 6.07) is 10.6. The molecule has 1 aliphatic carbocycles. The van der Waals surface area contributed by atoms with Gasteiger partial charge in [-0.05, 0) is 49.1 Å². The van der Waals surface area contributed by atoms with Crippen molar-refractivity contribution in [2.45, 2.75) is 31.0 Å². The second-order valence-electron chi connectivity index (χ2n) is 7.64. The predicted molar refractivity (Wildman–Crippen MR) is 128 cm³/mol. The first-order valence-corrected chi connectivity index (χ1v) is 12.2. The Morgan fingerprint density at radius 3 is 2.85 bits per heavy atom. The van der Waals surface area contributed by atoms with E-state index < -0.39 is 5.91 Å². The highest BCUT2D eigenvalue weighted by Gasteiger charge is 2.26. The number of thiophene rings is 1. The molecule has 8 nitrogen and oxygen atoms in total. The monoisotopic (exact) mass is 480 g/mol. The zero-order valence-electron chi connectivity index (χ0n) is 17.5. The molecule has 0 saturated carbocycles. The fourth-order valence-electron chi connectivity index (χ4n) is 4.00. The maximum atomic E-state index is 13.1. The Bertz CT molecular complexity index is 1420. The number of benzene rings is 1. The van der Waals surface area contributed by atoms with Gasteiger partial charge in [-0.1, -0.05) is 23.9 Å². The van der Waals surface area contributed by atoms with Crippen molar-refractivity contribution >= 4 is 50.8 Å². The number of fused-ring (bicyclic) bond motifs is 2. The number of thioether (sulfide) groups is 1. The molecule has 0 atom stereocenters. The Balaban J connectivity index is 1.40. The summed E-state index contributed by atoms with van der Waals surface area (Å²) in [6.45, 7) is 0.205. The molecule has 0 bridgehead atoms. The van der Waals surface area contributed by atoms with E-state index in [1.165, 1.54) is 15.9 Å². The van der Waals surface area contributed by atoms with Crippen molar-refractivity contribution in [2.24, 2.45) is 5.73 Å². The van der Waals surface area contributed by atoms with Crippen LogP contribution in [-0.2, 0) is 24.2 Å². The van der Waals surface area contributed by atoms with Gasteiger partial charge in [0.15, 0.2) is 5.16 Å². The average molecular weight is 481 g/mol. The van der Waals surface area contributed by atoms with Gasteiger partial charge in [-0.25, -0.2) is 4.98 Å². The van der Waals surface area contributed by atoms with Crippen LogP contribution < -0.4 is 16.6 Å². The second-order valence-corrected chi connectivity index (χ2v) is 9.69. The van der Waals surface area contributed by atoms with Crippen LogP contribution in [0.5, 0.6) is 0 Å². The van der Waals surface area contributed by atoms with Crippen molar-refractivity contribution in [3.63, 3.8) is 0 Å². The molecule has 10 heteroatoms. The van der Waals surface area contributed by atoms with E-state index in [1.807, 2.05) is 6.07 Å². The van der Waals surface area contributed by atoms with Crippen LogP contribution in [0.4, 0.5) is 5.00 Å². The molecule has 3 heterocycles. The summed E-state index contributed by atoms with van der Waals surface area (Å²) in [7, 11) is 0. The minimum Gasteiger partial charge on any atom is -0.467 e. The number of rotatable bonds is 7. The van der Waals surface area contributed by atoms with Gasteiger partial charge in [0.05, 0.1) is 35.0 Å². The number of nitrogens with zero attached hydrogens (tertiary/aromatic N) is 2. The van der Waals surface area contributed by atoms with E-state index in [4.69, 9.17) is 10.2 Å². The van der Waals surface area contributed by atoms with Gasteiger partial charge in [-0.2, -0.15) is 0 Å². The third-order valence-corrected chi connectivity index (χ3v) is 7.66. The van der Waals surface area contributed by atoms with Crippen molar-refractivity contribution in [3.05, 3.63) is 74.8 Å². The van der Waals surface area contributed by atoms with Crippen molar-refractivity contribution in [1.29, 1.82) is 0 Å². The molecule has 3 aromatic heterocycles. The number of furan rings is 1. The predicted octanol–water partition coefficient (Wildman–Crippen LogP) is 3.42. The van der Waals surface area contributed by atoms with Gasteiger partial charge in [0.1, 0.15) is 10.8 Å². The first-order chi connectivity index (χ1) is 16.0. The molecule has 2 amide bonds. The Morgan fingerprint density at radius 2 is 2.06 bits per heavy atom. The molecule has 4 aromatic rings. The van der Waals surface area contributed by atoms with E-state index in [0.717, 1.165) is 41.5 Å². The number of nitrogens with one attached hydrogen (secondary N) is 1. The molecule has 0 unspecified atom stereocenters. The zero-order valence-corrected chi connectivity index (χ0v) is 19.1. The van der Waals surface area contributed by atoms with Gasteiger partial charge in [0.2, 0.25) is 5.91 Å². The lowest BCUT2D eigenvalue weighted by Gasteiger charge is -2.12. The summed E-state index contributed by atoms with van der Waals surface area (Å²) < 4.78 is 6.92. The van der Waals surface area contributed by atoms with Gasteiger partial charge in [-0.3, -0.25) is 19.0 Å². The molecule has 1 aliphatic rings. The largest absolute Gasteiger partial charge is 0.467 e. The van der Waals surface area contributed by atoms with E-state index in [0.29, 0.717) is 32.4 Å². The quantitative estimate of drug-likeness (QED) is 0.309. The van der Waals surface area contributed by atoms with Crippen LogP contribution in [0.3, 0.4) is 0 Å². The Labute approximate surface area is 196 Å². The van der Waals surface area contributed by atoms with Crippen molar-refractivity contribution in [3.8, 4) is 0 Å². The molecule has 168 valence electrons. The molecule has 0 radical (unpaired) electrons. The Morgan fingerprint density at radius 1 is 1.21 bits per heavy atom. The van der Waals surface area contributed by atoms with Gasteiger partial charge < -0.3 is 15.5 Å². The van der Waals surface area contributed by atoms with E-state index >= 15 is 0 Å².